The SMILES string of the molecule is O=S(=O)(NCC1CCOCC1)c1cccc(O)c1. The van der Waals surface area contributed by atoms with Gasteiger partial charge in [0.15, 0.2) is 0 Å². The standard InChI is InChI=1S/C12H17NO4S/c14-11-2-1-3-12(8-11)18(15,16)13-9-10-4-6-17-7-5-10/h1-3,8,10,13-14H,4-7,9H2. The predicted molar refractivity (Wildman–Crippen MR) is 66.8 cm³/mol. The Labute approximate surface area is 107 Å². The number of nitrogens with one attached hydrogen (secondary N) is 1. The van der Waals surface area contributed by atoms with Crippen LogP contribution in [0.3, 0.4) is 0 Å². The maximum atomic E-state index is 12.0. The third-order valence-electron chi connectivity index (χ3n) is 3.03. The lowest BCUT2D eigenvalue weighted by Crippen LogP contribution is -2.32. The van der Waals surface area contributed by atoms with Crippen LogP contribution < -0.4 is 4.72 Å². The fourth-order valence-corrected chi connectivity index (χ4v) is 3.07. The molecule has 1 aromatic carbocycles. The van der Waals surface area contributed by atoms with E-state index in [1.807, 2.05) is 0 Å². The van der Waals surface area contributed by atoms with Crippen molar-refractivity contribution in [3.63, 3.8) is 0 Å². The predicted octanol–water partition coefficient (Wildman–Crippen LogP) is 1.10. The van der Waals surface area contributed by atoms with Crippen molar-refractivity contribution >= 4 is 10.0 Å². The van der Waals surface area contributed by atoms with Crippen LogP contribution in [0.15, 0.2) is 29.2 Å². The van der Waals surface area contributed by atoms with E-state index < -0.39 is 10.0 Å². The van der Waals surface area contributed by atoms with Crippen molar-refractivity contribution in [2.75, 3.05) is 19.8 Å². The van der Waals surface area contributed by atoms with E-state index in [0.717, 1.165) is 12.8 Å². The van der Waals surface area contributed by atoms with Gasteiger partial charge in [-0.15, -0.1) is 0 Å². The van der Waals surface area contributed by atoms with Crippen molar-refractivity contribution in [2.24, 2.45) is 5.92 Å². The Kier molecular flexibility index (Phi) is 4.21. The summed E-state index contributed by atoms with van der Waals surface area (Å²) in [5.74, 6) is 0.273. The van der Waals surface area contributed by atoms with Crippen LogP contribution in [0.25, 0.3) is 0 Å². The van der Waals surface area contributed by atoms with Crippen molar-refractivity contribution in [3.05, 3.63) is 24.3 Å². The van der Waals surface area contributed by atoms with Gasteiger partial charge in [0.05, 0.1) is 4.90 Å². The van der Waals surface area contributed by atoms with Crippen LogP contribution in [-0.2, 0) is 14.8 Å². The van der Waals surface area contributed by atoms with E-state index in [2.05, 4.69) is 4.72 Å². The van der Waals surface area contributed by atoms with Gasteiger partial charge in [-0.1, -0.05) is 6.07 Å². The monoisotopic (exact) mass is 271 g/mol. The average Bonchev–Trinajstić information content (AvgIpc) is 2.38. The second-order valence-corrected chi connectivity index (χ2v) is 6.17. The van der Waals surface area contributed by atoms with Gasteiger partial charge in [0.25, 0.3) is 0 Å². The smallest absolute Gasteiger partial charge is 0.240 e. The third kappa shape index (κ3) is 3.44. The summed E-state index contributed by atoms with van der Waals surface area (Å²) in [6.45, 7) is 1.80. The van der Waals surface area contributed by atoms with Crippen molar-refractivity contribution in [3.8, 4) is 5.75 Å². The second kappa shape index (κ2) is 5.69. The second-order valence-electron chi connectivity index (χ2n) is 4.41. The molecule has 1 fully saturated rings. The highest BCUT2D eigenvalue weighted by Gasteiger charge is 2.19. The number of rotatable bonds is 4. The maximum Gasteiger partial charge on any atom is 0.240 e. The molecule has 0 unspecified atom stereocenters. The molecule has 0 aliphatic carbocycles. The summed E-state index contributed by atoms with van der Waals surface area (Å²) in [6, 6.07) is 5.66. The van der Waals surface area contributed by atoms with Gasteiger partial charge in [0.2, 0.25) is 10.0 Å². The molecule has 0 atom stereocenters. The van der Waals surface area contributed by atoms with Crippen molar-refractivity contribution < 1.29 is 18.3 Å². The van der Waals surface area contributed by atoms with Crippen LogP contribution in [0.5, 0.6) is 5.75 Å². The molecule has 0 aromatic heterocycles. The van der Waals surface area contributed by atoms with Gasteiger partial charge in [-0.25, -0.2) is 13.1 Å². The van der Waals surface area contributed by atoms with Gasteiger partial charge in [-0.3, -0.25) is 0 Å². The molecule has 5 nitrogen and oxygen atoms in total. The fourth-order valence-electron chi connectivity index (χ4n) is 1.91. The normalized spacial score (nSPS) is 17.8. The molecule has 100 valence electrons. The van der Waals surface area contributed by atoms with Crippen LogP contribution >= 0.6 is 0 Å². The van der Waals surface area contributed by atoms with E-state index in [-0.39, 0.29) is 10.6 Å². The first-order chi connectivity index (χ1) is 8.58. The molecule has 0 bridgehead atoms. The van der Waals surface area contributed by atoms with E-state index in [9.17, 15) is 13.5 Å². The largest absolute Gasteiger partial charge is 0.508 e. The summed E-state index contributed by atoms with van der Waals surface area (Å²) >= 11 is 0. The summed E-state index contributed by atoms with van der Waals surface area (Å²) in [4.78, 5) is 0.0922. The topological polar surface area (TPSA) is 75.6 Å². The van der Waals surface area contributed by atoms with Crippen LogP contribution in [0.1, 0.15) is 12.8 Å². The van der Waals surface area contributed by atoms with Gasteiger partial charge in [-0.05, 0) is 37.0 Å². The van der Waals surface area contributed by atoms with E-state index in [0.29, 0.717) is 25.7 Å². The number of sulfonamides is 1. The zero-order valence-corrected chi connectivity index (χ0v) is 10.8. The zero-order chi connectivity index (χ0) is 13.0. The third-order valence-corrected chi connectivity index (χ3v) is 4.45. The number of benzene rings is 1. The summed E-state index contributed by atoms with van der Waals surface area (Å²) in [6.07, 6.45) is 1.76. The molecule has 1 saturated heterocycles. The molecule has 2 N–H and O–H groups in total. The minimum absolute atomic E-state index is 0.0519. The number of ether oxygens (including phenoxy) is 1. The van der Waals surface area contributed by atoms with E-state index >= 15 is 0 Å². The van der Waals surface area contributed by atoms with E-state index in [4.69, 9.17) is 4.74 Å². The van der Waals surface area contributed by atoms with Crippen LogP contribution in [0, 0.1) is 5.92 Å². The van der Waals surface area contributed by atoms with Gasteiger partial charge >= 0.3 is 0 Å². The molecule has 18 heavy (non-hydrogen) atoms. The Balaban J connectivity index is 1.98. The fraction of sp³-hybridized carbons (Fsp3) is 0.500. The number of aromatic hydroxyl groups is 1. The highest BCUT2D eigenvalue weighted by Crippen LogP contribution is 2.17. The Morgan fingerprint density at radius 1 is 1.33 bits per heavy atom. The van der Waals surface area contributed by atoms with Gasteiger partial charge < -0.3 is 9.84 Å². The highest BCUT2D eigenvalue weighted by atomic mass is 32.2. The molecule has 1 aromatic rings. The number of phenols is 1. The Morgan fingerprint density at radius 2 is 2.06 bits per heavy atom. The molecular formula is C12H17NO4S. The first-order valence-electron chi connectivity index (χ1n) is 5.94. The van der Waals surface area contributed by atoms with Gasteiger partial charge in [0.1, 0.15) is 5.75 Å². The Bertz CT molecular complexity index is 495. The summed E-state index contributed by atoms with van der Waals surface area (Å²) in [5, 5.41) is 9.28. The number of hydrogen-bond donors (Lipinski definition) is 2. The molecule has 0 radical (unpaired) electrons. The molecule has 0 spiro atoms. The van der Waals surface area contributed by atoms with E-state index in [1.54, 1.807) is 0 Å². The van der Waals surface area contributed by atoms with Crippen LogP contribution in [-0.4, -0.2) is 33.3 Å². The first-order valence-corrected chi connectivity index (χ1v) is 7.43. The van der Waals surface area contributed by atoms with Crippen molar-refractivity contribution in [2.45, 2.75) is 17.7 Å². The zero-order valence-electron chi connectivity index (χ0n) is 10.0. The molecule has 1 aliphatic heterocycles. The van der Waals surface area contributed by atoms with E-state index in [1.165, 1.54) is 24.3 Å². The van der Waals surface area contributed by atoms with Crippen molar-refractivity contribution in [1.29, 1.82) is 0 Å². The van der Waals surface area contributed by atoms with Crippen molar-refractivity contribution in [1.82, 2.24) is 4.72 Å². The Morgan fingerprint density at radius 3 is 2.72 bits per heavy atom. The lowest BCUT2D eigenvalue weighted by molar-refractivity contribution is 0.0678. The minimum atomic E-state index is -3.53. The Hall–Kier alpha value is -1.11. The van der Waals surface area contributed by atoms with Gasteiger partial charge in [-0.2, -0.15) is 0 Å². The number of phenolic OH excluding ortho intramolecular Hbond substituents is 1. The number of hydrogen-bond acceptors (Lipinski definition) is 4. The van der Waals surface area contributed by atoms with Crippen LogP contribution in [0.2, 0.25) is 0 Å². The molecule has 0 saturated carbocycles. The lowest BCUT2D eigenvalue weighted by atomic mass is 10.0. The molecule has 1 heterocycles. The van der Waals surface area contributed by atoms with Crippen LogP contribution in [0.4, 0.5) is 0 Å². The average molecular weight is 271 g/mol. The summed E-state index contributed by atoms with van der Waals surface area (Å²) < 4.78 is 31.7. The van der Waals surface area contributed by atoms with Gasteiger partial charge in [0, 0.05) is 19.8 Å². The molecule has 1 aliphatic rings. The maximum absolute atomic E-state index is 12.0. The lowest BCUT2D eigenvalue weighted by Gasteiger charge is -2.22. The molecule has 6 heteroatoms. The quantitative estimate of drug-likeness (QED) is 0.859. The first kappa shape index (κ1) is 13.3. The molecular weight excluding hydrogens is 254 g/mol. The summed E-state index contributed by atoms with van der Waals surface area (Å²) in [5.41, 5.74) is 0. The highest BCUT2D eigenvalue weighted by molar-refractivity contribution is 7.89. The summed E-state index contributed by atoms with van der Waals surface area (Å²) in [7, 11) is -3.53. The molecule has 2 rings (SSSR count). The molecule has 0 amide bonds. The minimum Gasteiger partial charge on any atom is -0.508 e.